The van der Waals surface area contributed by atoms with Gasteiger partial charge in [-0.05, 0) is 0 Å². The SMILES string of the molecule is O=C(CCOCC(COCCC(=O)NCC(O)CO)(COCCC(=O)NC(CO)CO)COCCC(=O)NC(CO)CO)NCC(O)CO. The number of rotatable bonds is 32. The van der Waals surface area contributed by atoms with Gasteiger partial charge >= 0.3 is 0 Å². The summed E-state index contributed by atoms with van der Waals surface area (Å²) < 4.78 is 23.1. The molecule has 288 valence electrons. The summed E-state index contributed by atoms with van der Waals surface area (Å²) in [5.41, 5.74) is -1.11. The summed E-state index contributed by atoms with van der Waals surface area (Å²) in [5.74, 6) is -1.90. The number of hydrogen-bond acceptors (Lipinski definition) is 16. The highest BCUT2D eigenvalue weighted by Crippen LogP contribution is 2.21. The van der Waals surface area contributed by atoms with Crippen molar-refractivity contribution in [2.45, 2.75) is 50.0 Å². The van der Waals surface area contributed by atoms with E-state index in [1.165, 1.54) is 0 Å². The molecule has 4 amide bonds. The van der Waals surface area contributed by atoms with Crippen molar-refractivity contribution >= 4 is 23.6 Å². The van der Waals surface area contributed by atoms with Crippen molar-refractivity contribution in [3.8, 4) is 0 Å². The molecule has 0 bridgehead atoms. The van der Waals surface area contributed by atoms with Gasteiger partial charge in [-0.15, -0.1) is 0 Å². The van der Waals surface area contributed by atoms with E-state index in [-0.39, 0.29) is 91.6 Å². The number of carbonyl (C=O) groups excluding carboxylic acids is 4. The molecule has 0 aromatic heterocycles. The average molecular weight is 717 g/mol. The van der Waals surface area contributed by atoms with Crippen LogP contribution in [-0.4, -0.2) is 194 Å². The highest BCUT2D eigenvalue weighted by molar-refractivity contribution is 5.77. The topological polar surface area (TPSA) is 315 Å². The van der Waals surface area contributed by atoms with Gasteiger partial charge in [0.25, 0.3) is 0 Å². The van der Waals surface area contributed by atoms with Crippen molar-refractivity contribution in [2.24, 2.45) is 5.41 Å². The van der Waals surface area contributed by atoms with Gasteiger partial charge in [-0.2, -0.15) is 0 Å². The summed E-state index contributed by atoms with van der Waals surface area (Å²) in [6.45, 7) is -4.09. The molecule has 0 aliphatic rings. The second kappa shape index (κ2) is 29.2. The summed E-state index contributed by atoms with van der Waals surface area (Å²) in [7, 11) is 0. The maximum absolute atomic E-state index is 12.2. The quantitative estimate of drug-likeness (QED) is 0.0288. The zero-order chi connectivity index (χ0) is 36.9. The molecule has 12 N–H and O–H groups in total. The number of aliphatic hydroxyl groups is 8. The molecule has 0 aliphatic heterocycles. The van der Waals surface area contributed by atoms with Gasteiger partial charge in [0.15, 0.2) is 0 Å². The van der Waals surface area contributed by atoms with Crippen LogP contribution in [0.2, 0.25) is 0 Å². The molecule has 0 fully saturated rings. The molecule has 0 heterocycles. The highest BCUT2D eigenvalue weighted by atomic mass is 16.5. The number of amides is 4. The second-order valence-corrected chi connectivity index (χ2v) is 11.3. The van der Waals surface area contributed by atoms with Crippen LogP contribution < -0.4 is 21.3 Å². The summed E-state index contributed by atoms with van der Waals surface area (Å²) in [6.07, 6.45) is -2.72. The van der Waals surface area contributed by atoms with Gasteiger partial charge in [0.2, 0.25) is 23.6 Å². The molecule has 0 saturated heterocycles. The molecule has 0 spiro atoms. The summed E-state index contributed by atoms with van der Waals surface area (Å²) >= 11 is 0. The molecule has 20 heteroatoms. The number of hydrogen-bond donors (Lipinski definition) is 12. The van der Waals surface area contributed by atoms with Crippen LogP contribution in [0.5, 0.6) is 0 Å². The fourth-order valence-corrected chi connectivity index (χ4v) is 3.73. The number of carbonyl (C=O) groups is 4. The molecule has 20 nitrogen and oxygen atoms in total. The zero-order valence-electron chi connectivity index (χ0n) is 27.8. The van der Waals surface area contributed by atoms with Crippen LogP contribution in [0.3, 0.4) is 0 Å². The molecular formula is C29H56N4O16. The molecule has 0 aromatic carbocycles. The Labute approximate surface area is 285 Å². The predicted octanol–water partition coefficient (Wildman–Crippen LogP) is -6.52. The van der Waals surface area contributed by atoms with E-state index in [1.807, 2.05) is 0 Å². The first kappa shape index (κ1) is 46.4. The maximum Gasteiger partial charge on any atom is 0.222 e. The zero-order valence-corrected chi connectivity index (χ0v) is 27.8. The van der Waals surface area contributed by atoms with E-state index in [4.69, 9.17) is 29.2 Å². The van der Waals surface area contributed by atoms with E-state index in [2.05, 4.69) is 21.3 Å². The fraction of sp³-hybridized carbons (Fsp3) is 0.862. The largest absolute Gasteiger partial charge is 0.394 e. The molecule has 0 aliphatic carbocycles. The Kier molecular flexibility index (Phi) is 27.6. The summed E-state index contributed by atoms with van der Waals surface area (Å²) in [6, 6.07) is -1.67. The minimum absolute atomic E-state index is 0.0867. The van der Waals surface area contributed by atoms with Crippen molar-refractivity contribution in [3.63, 3.8) is 0 Å². The molecule has 2 unspecified atom stereocenters. The molecular weight excluding hydrogens is 660 g/mol. The standard InChI is InChI=1S/C29H56N4O16/c34-11-21(12-35)32-27(44)3-7-48-19-29(17-46-5-1-25(42)30-9-23(40)15-38,18-47-6-2-26(43)31-10-24(41)16-39)20-49-8-4-28(45)33-22(13-36)14-37/h21-24,34-41H,1-20H2,(H,30,42)(H,31,43)(H,32,44)(H,33,45). The first-order chi connectivity index (χ1) is 23.5. The van der Waals surface area contributed by atoms with Gasteiger partial charge in [0.1, 0.15) is 0 Å². The van der Waals surface area contributed by atoms with Crippen LogP contribution in [-0.2, 0) is 38.1 Å². The predicted molar refractivity (Wildman–Crippen MR) is 169 cm³/mol. The van der Waals surface area contributed by atoms with Crippen LogP contribution in [0.15, 0.2) is 0 Å². The summed E-state index contributed by atoms with van der Waals surface area (Å²) in [5, 5.41) is 83.1. The molecule has 2 atom stereocenters. The van der Waals surface area contributed by atoms with Gasteiger partial charge in [-0.1, -0.05) is 0 Å². The number of nitrogens with one attached hydrogen (secondary N) is 4. The van der Waals surface area contributed by atoms with Gasteiger partial charge in [-0.3, -0.25) is 19.2 Å². The van der Waals surface area contributed by atoms with Crippen LogP contribution in [0.25, 0.3) is 0 Å². The van der Waals surface area contributed by atoms with E-state index in [1.54, 1.807) is 0 Å². The van der Waals surface area contributed by atoms with Crippen LogP contribution in [0.1, 0.15) is 25.7 Å². The van der Waals surface area contributed by atoms with Crippen molar-refractivity contribution in [1.82, 2.24) is 21.3 Å². The Morgan fingerprint density at radius 2 is 0.755 bits per heavy atom. The lowest BCUT2D eigenvalue weighted by molar-refractivity contribution is -0.129. The molecule has 0 saturated carbocycles. The first-order valence-corrected chi connectivity index (χ1v) is 15.9. The Hall–Kier alpha value is -2.60. The second-order valence-electron chi connectivity index (χ2n) is 11.3. The molecule has 49 heavy (non-hydrogen) atoms. The smallest absolute Gasteiger partial charge is 0.222 e. The lowest BCUT2D eigenvalue weighted by Gasteiger charge is -2.33. The third-order valence-corrected chi connectivity index (χ3v) is 6.63. The van der Waals surface area contributed by atoms with Crippen molar-refractivity contribution < 1.29 is 79.0 Å². The van der Waals surface area contributed by atoms with Gasteiger partial charge in [0, 0.05) is 38.8 Å². The van der Waals surface area contributed by atoms with E-state index < -0.39 is 93.0 Å². The van der Waals surface area contributed by atoms with Crippen LogP contribution in [0, 0.1) is 5.41 Å². The highest BCUT2D eigenvalue weighted by Gasteiger charge is 2.33. The summed E-state index contributed by atoms with van der Waals surface area (Å²) in [4.78, 5) is 48.6. The lowest BCUT2D eigenvalue weighted by Crippen LogP contribution is -2.44. The Morgan fingerprint density at radius 1 is 0.469 bits per heavy atom. The van der Waals surface area contributed by atoms with E-state index in [9.17, 15) is 49.8 Å². The fourth-order valence-electron chi connectivity index (χ4n) is 3.73. The Bertz CT molecular complexity index is 824. The minimum Gasteiger partial charge on any atom is -0.394 e. The van der Waals surface area contributed by atoms with Crippen molar-refractivity contribution in [3.05, 3.63) is 0 Å². The Morgan fingerprint density at radius 3 is 1.02 bits per heavy atom. The Balaban J connectivity index is 5.54. The number of ether oxygens (including phenoxy) is 4. The van der Waals surface area contributed by atoms with Crippen LogP contribution in [0.4, 0.5) is 0 Å². The third-order valence-electron chi connectivity index (χ3n) is 6.63. The minimum atomic E-state index is -1.12. The van der Waals surface area contributed by atoms with Crippen molar-refractivity contribution in [2.75, 3.05) is 106 Å². The van der Waals surface area contributed by atoms with E-state index in [0.29, 0.717) is 0 Å². The maximum atomic E-state index is 12.2. The molecule has 0 radical (unpaired) electrons. The van der Waals surface area contributed by atoms with E-state index >= 15 is 0 Å². The monoisotopic (exact) mass is 716 g/mol. The first-order valence-electron chi connectivity index (χ1n) is 15.9. The van der Waals surface area contributed by atoms with Gasteiger partial charge < -0.3 is 81.1 Å². The molecule has 0 aromatic rings. The molecule has 0 rings (SSSR count). The van der Waals surface area contributed by atoms with Gasteiger partial charge in [0.05, 0.1) is 122 Å². The third kappa shape index (κ3) is 24.2. The average Bonchev–Trinajstić information content (AvgIpc) is 3.11. The number of aliphatic hydroxyl groups excluding tert-OH is 8. The van der Waals surface area contributed by atoms with Gasteiger partial charge in [-0.25, -0.2) is 0 Å². The normalized spacial score (nSPS) is 12.9. The van der Waals surface area contributed by atoms with E-state index in [0.717, 1.165) is 0 Å². The van der Waals surface area contributed by atoms with Crippen LogP contribution >= 0.6 is 0 Å². The van der Waals surface area contributed by atoms with Crippen molar-refractivity contribution in [1.29, 1.82) is 0 Å². The lowest BCUT2D eigenvalue weighted by atomic mass is 9.92.